The van der Waals surface area contributed by atoms with E-state index < -0.39 is 0 Å². The molecule has 0 atom stereocenters. The van der Waals surface area contributed by atoms with Gasteiger partial charge in [-0.05, 0) is 90.8 Å². The minimum atomic E-state index is 0.719. The zero-order chi connectivity index (χ0) is 15.9. The van der Waals surface area contributed by atoms with Crippen molar-refractivity contribution in [3.05, 3.63) is 0 Å². The van der Waals surface area contributed by atoms with Crippen LogP contribution in [0.3, 0.4) is 0 Å². The lowest BCUT2D eigenvalue weighted by Crippen LogP contribution is -2.30. The Morgan fingerprint density at radius 2 is 1.23 bits per heavy atom. The average Bonchev–Trinajstić information content (AvgIpc) is 2.58. The lowest BCUT2D eigenvalue weighted by molar-refractivity contribution is 0.225. The molecular weight excluding hydrogens is 272 g/mol. The van der Waals surface area contributed by atoms with Gasteiger partial charge in [0, 0.05) is 6.42 Å². The van der Waals surface area contributed by atoms with Gasteiger partial charge in [0.1, 0.15) is 0 Å². The summed E-state index contributed by atoms with van der Waals surface area (Å²) in [5.41, 5.74) is 5.43. The van der Waals surface area contributed by atoms with Crippen molar-refractivity contribution in [1.29, 1.82) is 5.26 Å². The summed E-state index contributed by atoms with van der Waals surface area (Å²) in [7, 11) is 0. The molecule has 0 unspecified atom stereocenters. The number of unbranched alkanes of at least 4 members (excludes halogenated alkanes) is 2. The molecule has 0 radical (unpaired) electrons. The molecule has 0 aromatic heterocycles. The normalized spacial score (nSPS) is 20.0. The maximum Gasteiger partial charge on any atom is 0.0622 e. The maximum absolute atomic E-state index is 8.33. The Bertz CT molecular complexity index is 275. The Kier molecular flexibility index (Phi) is 12.4. The van der Waals surface area contributed by atoms with E-state index in [1.54, 1.807) is 0 Å². The number of hydrogen-bond donors (Lipinski definition) is 1. The molecule has 2 heterocycles. The van der Waals surface area contributed by atoms with Crippen LogP contribution in [-0.4, -0.2) is 55.6 Å². The first-order chi connectivity index (χ1) is 10.9. The van der Waals surface area contributed by atoms with E-state index in [9.17, 15) is 0 Å². The topological polar surface area (TPSA) is 56.3 Å². The smallest absolute Gasteiger partial charge is 0.0622 e. The van der Waals surface area contributed by atoms with Crippen molar-refractivity contribution >= 4 is 0 Å². The SMILES string of the molecule is N#CCCCN1CCCCC1.NCCCCN1CCCCC1. The molecule has 4 heteroatoms. The molecule has 2 saturated heterocycles. The van der Waals surface area contributed by atoms with E-state index in [1.807, 2.05) is 0 Å². The van der Waals surface area contributed by atoms with Crippen molar-refractivity contribution in [1.82, 2.24) is 9.80 Å². The molecule has 0 aromatic carbocycles. The Morgan fingerprint density at radius 1 is 0.727 bits per heavy atom. The lowest BCUT2D eigenvalue weighted by atomic mass is 10.1. The highest BCUT2D eigenvalue weighted by molar-refractivity contribution is 4.71. The quantitative estimate of drug-likeness (QED) is 0.735. The summed E-state index contributed by atoms with van der Waals surface area (Å²) in [6, 6.07) is 2.18. The fraction of sp³-hybridized carbons (Fsp3) is 0.944. The largest absolute Gasteiger partial charge is 0.330 e. The summed E-state index contributed by atoms with van der Waals surface area (Å²) >= 11 is 0. The molecule has 0 bridgehead atoms. The van der Waals surface area contributed by atoms with Crippen molar-refractivity contribution in [2.24, 2.45) is 5.73 Å². The van der Waals surface area contributed by atoms with Crippen molar-refractivity contribution in [2.45, 2.75) is 64.2 Å². The monoisotopic (exact) mass is 308 g/mol. The third kappa shape index (κ3) is 10.2. The number of likely N-dealkylation sites (tertiary alicyclic amines) is 2. The molecule has 2 fully saturated rings. The van der Waals surface area contributed by atoms with Gasteiger partial charge >= 0.3 is 0 Å². The zero-order valence-electron chi connectivity index (χ0n) is 14.4. The Hall–Kier alpha value is -0.630. The predicted octanol–water partition coefficient (Wildman–Crippen LogP) is 2.99. The fourth-order valence-corrected chi connectivity index (χ4v) is 3.23. The number of piperidine rings is 2. The van der Waals surface area contributed by atoms with Gasteiger partial charge in [-0.15, -0.1) is 0 Å². The molecule has 2 aliphatic heterocycles. The van der Waals surface area contributed by atoms with Crippen LogP contribution in [0.1, 0.15) is 64.2 Å². The molecule has 0 saturated carbocycles. The van der Waals surface area contributed by atoms with Gasteiger partial charge in [0.25, 0.3) is 0 Å². The standard InChI is InChI=1S/C9H20N2.C9H16N2/c2*10-6-2-5-9-11-7-3-1-4-8-11/h1-10H2;1-5,7-9H2. The first-order valence-electron chi connectivity index (χ1n) is 9.38. The summed E-state index contributed by atoms with van der Waals surface area (Å²) in [5.74, 6) is 0. The van der Waals surface area contributed by atoms with Gasteiger partial charge in [-0.25, -0.2) is 0 Å². The average molecular weight is 309 g/mol. The van der Waals surface area contributed by atoms with Gasteiger partial charge in [-0.3, -0.25) is 0 Å². The summed E-state index contributed by atoms with van der Waals surface area (Å²) in [5, 5.41) is 8.33. The van der Waals surface area contributed by atoms with Crippen LogP contribution in [0, 0.1) is 11.3 Å². The minimum Gasteiger partial charge on any atom is -0.330 e. The molecule has 4 nitrogen and oxygen atoms in total. The van der Waals surface area contributed by atoms with Gasteiger partial charge in [0.15, 0.2) is 0 Å². The Balaban J connectivity index is 0.000000220. The zero-order valence-corrected chi connectivity index (χ0v) is 14.4. The van der Waals surface area contributed by atoms with E-state index in [0.29, 0.717) is 0 Å². The van der Waals surface area contributed by atoms with Crippen LogP contribution in [0.5, 0.6) is 0 Å². The van der Waals surface area contributed by atoms with Crippen LogP contribution in [0.2, 0.25) is 0 Å². The summed E-state index contributed by atoms with van der Waals surface area (Å²) < 4.78 is 0. The summed E-state index contributed by atoms with van der Waals surface area (Å²) in [6.07, 6.45) is 12.6. The van der Waals surface area contributed by atoms with E-state index in [0.717, 1.165) is 25.9 Å². The van der Waals surface area contributed by atoms with Crippen LogP contribution in [0.15, 0.2) is 0 Å². The third-order valence-corrected chi connectivity index (χ3v) is 4.59. The van der Waals surface area contributed by atoms with Crippen molar-refractivity contribution in [2.75, 3.05) is 45.8 Å². The van der Waals surface area contributed by atoms with Crippen molar-refractivity contribution in [3.63, 3.8) is 0 Å². The summed E-state index contributed by atoms with van der Waals surface area (Å²) in [6.45, 7) is 8.42. The first kappa shape index (κ1) is 19.4. The molecule has 0 aromatic rings. The summed E-state index contributed by atoms with van der Waals surface area (Å²) in [4.78, 5) is 5.04. The number of nitrogens with zero attached hydrogens (tertiary/aromatic N) is 3. The van der Waals surface area contributed by atoms with Crippen molar-refractivity contribution < 1.29 is 0 Å². The van der Waals surface area contributed by atoms with E-state index in [4.69, 9.17) is 11.0 Å². The van der Waals surface area contributed by atoms with Crippen LogP contribution >= 0.6 is 0 Å². The molecule has 2 aliphatic rings. The minimum absolute atomic E-state index is 0.719. The van der Waals surface area contributed by atoms with Gasteiger partial charge < -0.3 is 15.5 Å². The second-order valence-electron chi connectivity index (χ2n) is 6.56. The van der Waals surface area contributed by atoms with Gasteiger partial charge in [-0.2, -0.15) is 5.26 Å². The highest BCUT2D eigenvalue weighted by Crippen LogP contribution is 2.09. The molecule has 2 N–H and O–H groups in total. The molecule has 0 aliphatic carbocycles. The number of hydrogen-bond acceptors (Lipinski definition) is 4. The predicted molar refractivity (Wildman–Crippen MR) is 93.7 cm³/mol. The maximum atomic E-state index is 8.33. The van der Waals surface area contributed by atoms with E-state index in [1.165, 1.54) is 84.1 Å². The first-order valence-corrected chi connectivity index (χ1v) is 9.38. The second kappa shape index (κ2) is 14.0. The molecule has 22 heavy (non-hydrogen) atoms. The molecule has 0 spiro atoms. The number of nitriles is 1. The van der Waals surface area contributed by atoms with Crippen LogP contribution in [-0.2, 0) is 0 Å². The Morgan fingerprint density at radius 3 is 1.68 bits per heavy atom. The Labute approximate surface area is 137 Å². The lowest BCUT2D eigenvalue weighted by Gasteiger charge is -2.26. The highest BCUT2D eigenvalue weighted by Gasteiger charge is 2.08. The van der Waals surface area contributed by atoms with Crippen LogP contribution in [0.4, 0.5) is 0 Å². The van der Waals surface area contributed by atoms with Gasteiger partial charge in [-0.1, -0.05) is 12.8 Å². The second-order valence-corrected chi connectivity index (χ2v) is 6.56. The molecular formula is C18H36N4. The van der Waals surface area contributed by atoms with Crippen LogP contribution < -0.4 is 5.73 Å². The number of nitrogens with two attached hydrogens (primary N) is 1. The van der Waals surface area contributed by atoms with E-state index in [-0.39, 0.29) is 0 Å². The van der Waals surface area contributed by atoms with Crippen molar-refractivity contribution in [3.8, 4) is 6.07 Å². The molecule has 2 rings (SSSR count). The fourth-order valence-electron chi connectivity index (χ4n) is 3.23. The van der Waals surface area contributed by atoms with Gasteiger partial charge in [0.05, 0.1) is 6.07 Å². The third-order valence-electron chi connectivity index (χ3n) is 4.59. The van der Waals surface area contributed by atoms with E-state index >= 15 is 0 Å². The number of rotatable bonds is 7. The highest BCUT2D eigenvalue weighted by atomic mass is 15.1. The van der Waals surface area contributed by atoms with Crippen LogP contribution in [0.25, 0.3) is 0 Å². The van der Waals surface area contributed by atoms with Gasteiger partial charge in [0.2, 0.25) is 0 Å². The molecule has 0 amide bonds. The molecule has 128 valence electrons. The van der Waals surface area contributed by atoms with E-state index in [2.05, 4.69) is 15.9 Å².